The van der Waals surface area contributed by atoms with Crippen LogP contribution in [0.15, 0.2) is 49.1 Å². The highest BCUT2D eigenvalue weighted by molar-refractivity contribution is 7.17. The molecule has 0 unspecified atom stereocenters. The number of hydrogen-bond acceptors (Lipinski definition) is 7. The molecule has 1 N–H and O–H groups in total. The van der Waals surface area contributed by atoms with Gasteiger partial charge in [-0.2, -0.15) is 0 Å². The first-order valence-electron chi connectivity index (χ1n) is 11.4. The lowest BCUT2D eigenvalue weighted by atomic mass is 9.82. The summed E-state index contributed by atoms with van der Waals surface area (Å²) in [5.41, 5.74) is 3.70. The lowest BCUT2D eigenvalue weighted by Gasteiger charge is -2.29. The maximum Gasteiger partial charge on any atom is 0.341 e. The second kappa shape index (κ2) is 8.74. The van der Waals surface area contributed by atoms with Crippen LogP contribution in [0.2, 0.25) is 0 Å². The number of nitrogens with one attached hydrogen (secondary N) is 1. The molecule has 1 aliphatic rings. The van der Waals surface area contributed by atoms with Crippen molar-refractivity contribution in [3.8, 4) is 10.7 Å². The zero-order valence-electron chi connectivity index (χ0n) is 20.0. The number of rotatable bonds is 4. The van der Waals surface area contributed by atoms with Gasteiger partial charge < -0.3 is 14.6 Å². The van der Waals surface area contributed by atoms with Gasteiger partial charge in [0.25, 0.3) is 5.91 Å². The van der Waals surface area contributed by atoms with Crippen molar-refractivity contribution in [1.82, 2.24) is 24.8 Å². The summed E-state index contributed by atoms with van der Waals surface area (Å²) in [6, 6.07) is 7.95. The smallest absolute Gasteiger partial charge is 0.341 e. The van der Waals surface area contributed by atoms with Crippen molar-refractivity contribution in [3.63, 3.8) is 0 Å². The number of aryl methyl sites for hydroxylation is 1. The Balaban J connectivity index is 1.62. The van der Waals surface area contributed by atoms with Gasteiger partial charge in [-0.05, 0) is 25.5 Å². The van der Waals surface area contributed by atoms with Gasteiger partial charge in [-0.25, -0.2) is 9.78 Å². The second-order valence-corrected chi connectivity index (χ2v) is 10.0. The van der Waals surface area contributed by atoms with E-state index in [4.69, 9.17) is 4.74 Å². The number of amides is 1. The van der Waals surface area contributed by atoms with Crippen LogP contribution in [-0.2, 0) is 14.9 Å². The van der Waals surface area contributed by atoms with Gasteiger partial charge in [0.2, 0.25) is 0 Å². The average molecular weight is 488 g/mol. The SMILES string of the molecule is CCOC(=O)C1=CN(C(=O)c2sc(-c3cnccn3)nc2C)CC(C)(C)c2c1[nH]c1ccccc21. The Labute approximate surface area is 206 Å². The number of benzene rings is 1. The summed E-state index contributed by atoms with van der Waals surface area (Å²) in [6.45, 7) is 8.35. The highest BCUT2D eigenvalue weighted by Gasteiger charge is 2.38. The number of carbonyl (C=O) groups is 2. The van der Waals surface area contributed by atoms with Gasteiger partial charge in [-0.1, -0.05) is 32.0 Å². The fourth-order valence-electron chi connectivity index (χ4n) is 4.56. The number of para-hydroxylation sites is 1. The van der Waals surface area contributed by atoms with Gasteiger partial charge in [0.1, 0.15) is 15.6 Å². The number of ether oxygens (including phenoxy) is 1. The van der Waals surface area contributed by atoms with E-state index in [0.717, 1.165) is 16.5 Å². The van der Waals surface area contributed by atoms with E-state index in [2.05, 4.69) is 33.8 Å². The van der Waals surface area contributed by atoms with Crippen molar-refractivity contribution >= 4 is 39.7 Å². The van der Waals surface area contributed by atoms with Crippen LogP contribution >= 0.6 is 11.3 Å². The third kappa shape index (κ3) is 4.01. The van der Waals surface area contributed by atoms with Crippen LogP contribution in [0.1, 0.15) is 47.4 Å². The Morgan fingerprint density at radius 3 is 2.77 bits per heavy atom. The first-order chi connectivity index (χ1) is 16.8. The van der Waals surface area contributed by atoms with Crippen LogP contribution in [0.25, 0.3) is 27.2 Å². The molecule has 178 valence electrons. The molecule has 0 atom stereocenters. The number of esters is 1. The number of thiazole rings is 1. The molecule has 8 nitrogen and oxygen atoms in total. The van der Waals surface area contributed by atoms with Crippen LogP contribution in [0.3, 0.4) is 0 Å². The Morgan fingerprint density at radius 1 is 1.23 bits per heavy atom. The Morgan fingerprint density at radius 2 is 2.03 bits per heavy atom. The average Bonchev–Trinajstić information content (AvgIpc) is 3.40. The summed E-state index contributed by atoms with van der Waals surface area (Å²) in [7, 11) is 0. The number of aromatic nitrogens is 4. The van der Waals surface area contributed by atoms with E-state index in [9.17, 15) is 9.59 Å². The predicted octanol–water partition coefficient (Wildman–Crippen LogP) is 4.73. The first-order valence-corrected chi connectivity index (χ1v) is 12.2. The summed E-state index contributed by atoms with van der Waals surface area (Å²) >= 11 is 1.27. The lowest BCUT2D eigenvalue weighted by Crippen LogP contribution is -2.36. The van der Waals surface area contributed by atoms with E-state index in [1.54, 1.807) is 43.5 Å². The first kappa shape index (κ1) is 22.9. The van der Waals surface area contributed by atoms with E-state index in [1.165, 1.54) is 11.3 Å². The molecule has 4 aromatic rings. The van der Waals surface area contributed by atoms with Gasteiger partial charge >= 0.3 is 5.97 Å². The number of aromatic amines is 1. The van der Waals surface area contributed by atoms with Crippen LogP contribution in [0, 0.1) is 6.92 Å². The summed E-state index contributed by atoms with van der Waals surface area (Å²) in [4.78, 5) is 45.4. The molecule has 0 saturated heterocycles. The minimum Gasteiger partial charge on any atom is -0.462 e. The molecule has 1 aromatic carbocycles. The zero-order valence-corrected chi connectivity index (χ0v) is 20.8. The van der Waals surface area contributed by atoms with E-state index in [-0.39, 0.29) is 12.5 Å². The van der Waals surface area contributed by atoms with E-state index in [0.29, 0.717) is 39.1 Å². The molecular weight excluding hydrogens is 462 g/mol. The highest BCUT2D eigenvalue weighted by Crippen LogP contribution is 2.41. The topological polar surface area (TPSA) is 101 Å². The third-order valence-electron chi connectivity index (χ3n) is 6.03. The van der Waals surface area contributed by atoms with E-state index >= 15 is 0 Å². The molecule has 5 rings (SSSR count). The molecule has 0 spiro atoms. The van der Waals surface area contributed by atoms with Crippen molar-refractivity contribution in [1.29, 1.82) is 0 Å². The van der Waals surface area contributed by atoms with Gasteiger partial charge in [0.15, 0.2) is 0 Å². The monoisotopic (exact) mass is 487 g/mol. The third-order valence-corrected chi connectivity index (χ3v) is 7.20. The minimum absolute atomic E-state index is 0.223. The lowest BCUT2D eigenvalue weighted by molar-refractivity contribution is -0.136. The maximum atomic E-state index is 13.8. The molecule has 3 aromatic heterocycles. The van der Waals surface area contributed by atoms with Crippen LogP contribution in [-0.4, -0.2) is 49.9 Å². The van der Waals surface area contributed by atoms with Crippen molar-refractivity contribution in [2.24, 2.45) is 0 Å². The summed E-state index contributed by atoms with van der Waals surface area (Å²) in [6.07, 6.45) is 6.43. The van der Waals surface area contributed by atoms with Crippen LogP contribution < -0.4 is 0 Å². The highest BCUT2D eigenvalue weighted by atomic mass is 32.1. The van der Waals surface area contributed by atoms with Crippen molar-refractivity contribution in [2.75, 3.05) is 13.2 Å². The summed E-state index contributed by atoms with van der Waals surface area (Å²) in [5.74, 6) is -0.698. The second-order valence-electron chi connectivity index (χ2n) is 9.02. The van der Waals surface area contributed by atoms with Crippen LogP contribution in [0.4, 0.5) is 0 Å². The van der Waals surface area contributed by atoms with Gasteiger partial charge in [0, 0.05) is 41.5 Å². The molecule has 35 heavy (non-hydrogen) atoms. The molecule has 4 heterocycles. The van der Waals surface area contributed by atoms with Gasteiger partial charge in [0.05, 0.1) is 29.8 Å². The Hall–Kier alpha value is -3.85. The molecule has 0 aliphatic carbocycles. The van der Waals surface area contributed by atoms with Crippen molar-refractivity contribution < 1.29 is 14.3 Å². The predicted molar refractivity (Wildman–Crippen MR) is 135 cm³/mol. The van der Waals surface area contributed by atoms with Crippen molar-refractivity contribution in [2.45, 2.75) is 33.1 Å². The normalized spacial score (nSPS) is 14.9. The number of hydrogen-bond donors (Lipinski definition) is 1. The molecule has 0 radical (unpaired) electrons. The molecule has 0 saturated carbocycles. The molecule has 9 heteroatoms. The summed E-state index contributed by atoms with van der Waals surface area (Å²) in [5, 5.41) is 1.65. The van der Waals surface area contributed by atoms with Crippen LogP contribution in [0.5, 0.6) is 0 Å². The van der Waals surface area contributed by atoms with Gasteiger partial charge in [-0.3, -0.25) is 14.8 Å². The molecular formula is C26H25N5O3S. The number of fused-ring (bicyclic) bond motifs is 3. The Kier molecular flexibility index (Phi) is 5.72. The minimum atomic E-state index is -0.475. The standard InChI is InChI=1S/C26H25N5O3S/c1-5-34-25(33)17-13-31(14-26(3,4)20-16-8-6-7-9-18(16)30-21(17)20)24(32)22-15(2)29-23(35-22)19-12-27-10-11-28-19/h6-13,30H,5,14H2,1-4H3. The Bertz CT molecular complexity index is 1470. The molecule has 0 bridgehead atoms. The summed E-state index contributed by atoms with van der Waals surface area (Å²) < 4.78 is 5.39. The molecule has 1 amide bonds. The fraction of sp³-hybridized carbons (Fsp3) is 0.269. The van der Waals surface area contributed by atoms with E-state index < -0.39 is 11.4 Å². The number of carbonyl (C=O) groups excluding carboxylic acids is 2. The fourth-order valence-corrected chi connectivity index (χ4v) is 5.54. The quantitative estimate of drug-likeness (QED) is 0.418. The van der Waals surface area contributed by atoms with Gasteiger partial charge in [-0.15, -0.1) is 11.3 Å². The number of nitrogens with zero attached hydrogens (tertiary/aromatic N) is 4. The largest absolute Gasteiger partial charge is 0.462 e. The zero-order chi connectivity index (χ0) is 24.7. The molecule has 0 fully saturated rings. The number of H-pyrrole nitrogens is 1. The van der Waals surface area contributed by atoms with E-state index in [1.807, 2.05) is 24.3 Å². The van der Waals surface area contributed by atoms with Crippen molar-refractivity contribution in [3.05, 3.63) is 70.9 Å². The maximum absolute atomic E-state index is 13.8. The molecule has 1 aliphatic heterocycles.